The number of rotatable bonds is 6. The summed E-state index contributed by atoms with van der Waals surface area (Å²) >= 11 is 0. The minimum absolute atomic E-state index is 0.285. The molecule has 1 N–H and O–H groups in total. The highest BCUT2D eigenvalue weighted by atomic mass is 19.1. The van der Waals surface area contributed by atoms with Crippen LogP contribution < -0.4 is 10.1 Å². The van der Waals surface area contributed by atoms with Crippen LogP contribution in [0.2, 0.25) is 0 Å². The van der Waals surface area contributed by atoms with E-state index in [0.29, 0.717) is 29.3 Å². The van der Waals surface area contributed by atoms with E-state index in [4.69, 9.17) is 9.57 Å². The fraction of sp³-hybridized carbons (Fsp3) is 0.263. The number of halogens is 1. The predicted octanol–water partition coefficient (Wildman–Crippen LogP) is 3.75. The van der Waals surface area contributed by atoms with Crippen LogP contribution in [0.4, 0.5) is 10.1 Å². The Morgan fingerprint density at radius 2 is 2.16 bits per heavy atom. The minimum Gasteiger partial charge on any atom is -0.491 e. The molecule has 0 aromatic heterocycles. The van der Waals surface area contributed by atoms with E-state index in [1.54, 1.807) is 24.3 Å². The summed E-state index contributed by atoms with van der Waals surface area (Å²) in [7, 11) is 0. The smallest absolute Gasteiger partial charge is 0.268 e. The lowest BCUT2D eigenvalue weighted by Gasteiger charge is -2.13. The zero-order chi connectivity index (χ0) is 17.6. The number of para-hydroxylation sites is 2. The number of benzene rings is 2. The molecule has 130 valence electrons. The molecule has 0 bridgehead atoms. The van der Waals surface area contributed by atoms with Gasteiger partial charge in [-0.15, -0.1) is 0 Å². The van der Waals surface area contributed by atoms with Crippen molar-refractivity contribution < 1.29 is 18.8 Å². The van der Waals surface area contributed by atoms with Crippen LogP contribution in [0, 0.1) is 5.82 Å². The number of hydrogen-bond donors (Lipinski definition) is 1. The van der Waals surface area contributed by atoms with Crippen LogP contribution >= 0.6 is 0 Å². The molecule has 1 atom stereocenters. The summed E-state index contributed by atoms with van der Waals surface area (Å²) in [6, 6.07) is 13.3. The molecule has 0 radical (unpaired) electrons. The van der Waals surface area contributed by atoms with Crippen molar-refractivity contribution in [2.75, 3.05) is 11.9 Å². The Labute approximate surface area is 145 Å². The molecule has 0 spiro atoms. The Morgan fingerprint density at radius 1 is 1.32 bits per heavy atom. The highest BCUT2D eigenvalue weighted by molar-refractivity contribution is 6.06. The summed E-state index contributed by atoms with van der Waals surface area (Å²) in [5, 5.41) is 6.73. The third-order valence-electron chi connectivity index (χ3n) is 3.73. The summed E-state index contributed by atoms with van der Waals surface area (Å²) in [6.07, 6.45) is 0.407. The normalized spacial score (nSPS) is 16.1. The molecule has 1 unspecified atom stereocenters. The second kappa shape index (κ2) is 7.79. The van der Waals surface area contributed by atoms with Gasteiger partial charge >= 0.3 is 0 Å². The number of nitrogens with zero attached hydrogens (tertiary/aromatic N) is 1. The van der Waals surface area contributed by atoms with Gasteiger partial charge in [0.05, 0.1) is 18.0 Å². The Kier molecular flexibility index (Phi) is 5.28. The Morgan fingerprint density at radius 3 is 2.96 bits per heavy atom. The molecule has 2 aromatic rings. The van der Waals surface area contributed by atoms with E-state index in [2.05, 4.69) is 10.5 Å². The lowest BCUT2D eigenvalue weighted by atomic mass is 10.0. The van der Waals surface area contributed by atoms with Crippen molar-refractivity contribution in [1.82, 2.24) is 0 Å². The van der Waals surface area contributed by atoms with Gasteiger partial charge in [0.25, 0.3) is 5.91 Å². The quantitative estimate of drug-likeness (QED) is 0.870. The minimum atomic E-state index is -0.752. The van der Waals surface area contributed by atoms with Crippen LogP contribution in [0.25, 0.3) is 0 Å². The lowest BCUT2D eigenvalue weighted by Crippen LogP contribution is -2.28. The average molecular weight is 342 g/mol. The van der Waals surface area contributed by atoms with Gasteiger partial charge in [-0.25, -0.2) is 4.39 Å². The van der Waals surface area contributed by atoms with Crippen molar-refractivity contribution in [3.8, 4) is 5.75 Å². The van der Waals surface area contributed by atoms with E-state index in [0.717, 1.165) is 6.42 Å². The number of carbonyl (C=O) groups is 1. The van der Waals surface area contributed by atoms with Crippen molar-refractivity contribution >= 4 is 17.3 Å². The zero-order valence-corrected chi connectivity index (χ0v) is 13.9. The molecule has 1 amide bonds. The van der Waals surface area contributed by atoms with Gasteiger partial charge in [0.15, 0.2) is 0 Å². The maximum Gasteiger partial charge on any atom is 0.268 e. The zero-order valence-electron chi connectivity index (χ0n) is 13.9. The summed E-state index contributed by atoms with van der Waals surface area (Å²) in [5.41, 5.74) is 1.75. The number of hydrogen-bond acceptors (Lipinski definition) is 4. The summed E-state index contributed by atoms with van der Waals surface area (Å²) in [4.78, 5) is 17.7. The molecule has 1 aliphatic rings. The summed E-state index contributed by atoms with van der Waals surface area (Å²) in [5.74, 6) is -0.0558. The average Bonchev–Trinajstić information content (AvgIpc) is 3.11. The number of nitrogens with one attached hydrogen (secondary N) is 1. The Balaban J connectivity index is 1.64. The van der Waals surface area contributed by atoms with Gasteiger partial charge in [0.2, 0.25) is 6.10 Å². The Hall–Kier alpha value is -2.89. The van der Waals surface area contributed by atoms with Gasteiger partial charge in [0.1, 0.15) is 11.6 Å². The van der Waals surface area contributed by atoms with Crippen molar-refractivity contribution in [2.45, 2.75) is 25.9 Å². The number of oxime groups is 1. The predicted molar refractivity (Wildman–Crippen MR) is 93.3 cm³/mol. The first-order chi connectivity index (χ1) is 12.2. The van der Waals surface area contributed by atoms with Gasteiger partial charge in [-0.05, 0) is 30.7 Å². The molecule has 0 saturated heterocycles. The number of anilines is 1. The first-order valence-corrected chi connectivity index (χ1v) is 8.18. The maximum atomic E-state index is 13.3. The highest BCUT2D eigenvalue weighted by Crippen LogP contribution is 2.25. The van der Waals surface area contributed by atoms with Gasteiger partial charge in [0, 0.05) is 12.0 Å². The van der Waals surface area contributed by atoms with Crippen molar-refractivity contribution in [1.29, 1.82) is 0 Å². The first kappa shape index (κ1) is 17.0. The van der Waals surface area contributed by atoms with Crippen LogP contribution in [0.15, 0.2) is 53.7 Å². The monoisotopic (exact) mass is 342 g/mol. The fourth-order valence-electron chi connectivity index (χ4n) is 2.48. The van der Waals surface area contributed by atoms with E-state index in [1.165, 1.54) is 12.1 Å². The molecule has 5 nitrogen and oxygen atoms in total. The third-order valence-corrected chi connectivity index (χ3v) is 3.73. The largest absolute Gasteiger partial charge is 0.491 e. The van der Waals surface area contributed by atoms with Gasteiger partial charge in [-0.1, -0.05) is 36.3 Å². The van der Waals surface area contributed by atoms with Crippen molar-refractivity contribution in [3.63, 3.8) is 0 Å². The molecule has 0 aliphatic carbocycles. The molecule has 2 aromatic carbocycles. The second-order valence-electron chi connectivity index (χ2n) is 5.68. The van der Waals surface area contributed by atoms with Crippen LogP contribution in [-0.4, -0.2) is 24.3 Å². The summed E-state index contributed by atoms with van der Waals surface area (Å²) in [6.45, 7) is 2.58. The molecule has 3 rings (SSSR count). The van der Waals surface area contributed by atoms with E-state index >= 15 is 0 Å². The third kappa shape index (κ3) is 4.15. The number of carbonyl (C=O) groups excluding carboxylic acids is 1. The van der Waals surface area contributed by atoms with Crippen LogP contribution in [0.1, 0.15) is 25.3 Å². The molecule has 0 saturated carbocycles. The van der Waals surface area contributed by atoms with E-state index in [1.807, 2.05) is 19.1 Å². The second-order valence-corrected chi connectivity index (χ2v) is 5.68. The molecule has 6 heteroatoms. The van der Waals surface area contributed by atoms with Gasteiger partial charge in [-0.2, -0.15) is 0 Å². The molecule has 25 heavy (non-hydrogen) atoms. The van der Waals surface area contributed by atoms with Crippen LogP contribution in [0.5, 0.6) is 5.75 Å². The highest BCUT2D eigenvalue weighted by Gasteiger charge is 2.29. The lowest BCUT2D eigenvalue weighted by molar-refractivity contribution is -0.125. The Bertz CT molecular complexity index is 792. The van der Waals surface area contributed by atoms with E-state index in [9.17, 15) is 9.18 Å². The fourth-order valence-corrected chi connectivity index (χ4v) is 2.48. The van der Waals surface area contributed by atoms with Crippen molar-refractivity contribution in [3.05, 3.63) is 59.9 Å². The van der Waals surface area contributed by atoms with Gasteiger partial charge in [-0.3, -0.25) is 4.79 Å². The van der Waals surface area contributed by atoms with Crippen LogP contribution in [0.3, 0.4) is 0 Å². The molecule has 1 aliphatic heterocycles. The SMILES string of the molecule is CCCOc1ccccc1NC(=O)C1CC(c2cccc(F)c2)=NO1. The summed E-state index contributed by atoms with van der Waals surface area (Å²) < 4.78 is 18.9. The number of ether oxygens (including phenoxy) is 1. The van der Waals surface area contributed by atoms with Crippen molar-refractivity contribution in [2.24, 2.45) is 5.16 Å². The van der Waals surface area contributed by atoms with Crippen LogP contribution in [-0.2, 0) is 9.63 Å². The first-order valence-electron chi connectivity index (χ1n) is 8.18. The molecular weight excluding hydrogens is 323 g/mol. The standard InChI is InChI=1S/C19H19FN2O3/c1-2-10-24-17-9-4-3-8-15(17)21-19(23)18-12-16(22-25-18)13-6-5-7-14(20)11-13/h3-9,11,18H,2,10,12H2,1H3,(H,21,23). The molecule has 1 heterocycles. The molecular formula is C19H19FN2O3. The van der Waals surface area contributed by atoms with E-state index < -0.39 is 6.10 Å². The van der Waals surface area contributed by atoms with Gasteiger partial charge < -0.3 is 14.9 Å². The maximum absolute atomic E-state index is 13.3. The topological polar surface area (TPSA) is 59.9 Å². The number of amides is 1. The molecule has 0 fully saturated rings. The van der Waals surface area contributed by atoms with E-state index in [-0.39, 0.29) is 18.1 Å².